The molecule has 1 nitrogen and oxygen atoms in total. The van der Waals surface area contributed by atoms with Crippen LogP contribution in [-0.4, -0.2) is 11.8 Å². The summed E-state index contributed by atoms with van der Waals surface area (Å²) in [5.74, 6) is -0.480. The molecule has 0 bridgehead atoms. The van der Waals surface area contributed by atoms with E-state index in [-0.39, 0.29) is 5.16 Å². The molecule has 1 rings (SSSR count). The maximum absolute atomic E-state index is 12.3. The van der Waals surface area contributed by atoms with Crippen LogP contribution in [0, 0.1) is 0 Å². The minimum absolute atomic E-state index is 0.0424. The maximum atomic E-state index is 12.3. The molecule has 0 fully saturated rings. The van der Waals surface area contributed by atoms with Crippen LogP contribution >= 0.6 is 8.58 Å². The van der Waals surface area contributed by atoms with Gasteiger partial charge in [0.15, 0.2) is 0 Å². The van der Waals surface area contributed by atoms with Crippen molar-refractivity contribution < 1.29 is 17.6 Å². The zero-order chi connectivity index (χ0) is 12.4. The Morgan fingerprint density at radius 3 is 2.31 bits per heavy atom. The van der Waals surface area contributed by atoms with E-state index in [1.807, 2.05) is 6.92 Å². The third-order valence-electron chi connectivity index (χ3n) is 2.89. The van der Waals surface area contributed by atoms with Crippen molar-refractivity contribution >= 4 is 8.58 Å². The highest BCUT2D eigenvalue weighted by Gasteiger charge is 2.35. The van der Waals surface area contributed by atoms with Crippen molar-refractivity contribution in [3.63, 3.8) is 0 Å². The monoisotopic (exact) mass is 252 g/mol. The standard InChI is InChI=1S/C11H16F3OP/c1-4-10(2,16-3)7-8-5-6-9(15-8)11(12,13)14/h5-6,16H,4,7H2,1-3H3. The maximum Gasteiger partial charge on any atom is 0.449 e. The first-order valence-electron chi connectivity index (χ1n) is 5.15. The molecule has 92 valence electrons. The first-order chi connectivity index (χ1) is 7.30. The molecule has 16 heavy (non-hydrogen) atoms. The van der Waals surface area contributed by atoms with E-state index < -0.39 is 11.9 Å². The van der Waals surface area contributed by atoms with Gasteiger partial charge in [0, 0.05) is 6.42 Å². The number of halogens is 3. The Morgan fingerprint density at radius 1 is 1.31 bits per heavy atom. The zero-order valence-electron chi connectivity index (χ0n) is 9.61. The SMILES string of the molecule is CCC(C)(Cc1ccc(C(F)(F)F)o1)PC. The van der Waals surface area contributed by atoms with E-state index >= 15 is 0 Å². The molecule has 0 aromatic carbocycles. The molecule has 1 aromatic rings. The van der Waals surface area contributed by atoms with Gasteiger partial charge in [0.05, 0.1) is 0 Å². The largest absolute Gasteiger partial charge is 0.456 e. The van der Waals surface area contributed by atoms with Crippen molar-refractivity contribution in [1.29, 1.82) is 0 Å². The Balaban J connectivity index is 2.80. The zero-order valence-corrected chi connectivity index (χ0v) is 10.6. The highest BCUT2D eigenvalue weighted by molar-refractivity contribution is 7.39. The molecule has 0 aliphatic rings. The molecule has 0 aliphatic carbocycles. The van der Waals surface area contributed by atoms with Gasteiger partial charge in [0.1, 0.15) is 5.76 Å². The summed E-state index contributed by atoms with van der Waals surface area (Å²) >= 11 is 0. The summed E-state index contributed by atoms with van der Waals surface area (Å²) in [4.78, 5) is 0. The molecule has 0 N–H and O–H groups in total. The number of rotatable bonds is 4. The van der Waals surface area contributed by atoms with Crippen LogP contribution in [0.1, 0.15) is 31.8 Å². The molecule has 0 spiro atoms. The quantitative estimate of drug-likeness (QED) is 0.727. The lowest BCUT2D eigenvalue weighted by Crippen LogP contribution is -2.19. The second-order valence-corrected chi connectivity index (χ2v) is 5.81. The molecule has 0 radical (unpaired) electrons. The lowest BCUT2D eigenvalue weighted by Gasteiger charge is -2.25. The summed E-state index contributed by atoms with van der Waals surface area (Å²) in [5, 5.41) is 0.0424. The van der Waals surface area contributed by atoms with Crippen LogP contribution in [0.15, 0.2) is 16.5 Å². The molecular weight excluding hydrogens is 236 g/mol. The summed E-state index contributed by atoms with van der Waals surface area (Å²) in [7, 11) is 0.682. The van der Waals surface area contributed by atoms with Crippen LogP contribution in [0.4, 0.5) is 13.2 Å². The van der Waals surface area contributed by atoms with Crippen molar-refractivity contribution in [1.82, 2.24) is 0 Å². The van der Waals surface area contributed by atoms with E-state index in [1.54, 1.807) is 0 Å². The van der Waals surface area contributed by atoms with Crippen LogP contribution in [0.25, 0.3) is 0 Å². The van der Waals surface area contributed by atoms with Gasteiger partial charge in [-0.3, -0.25) is 0 Å². The summed E-state index contributed by atoms with van der Waals surface area (Å²) < 4.78 is 41.7. The number of hydrogen-bond donors (Lipinski definition) is 0. The number of furan rings is 1. The van der Waals surface area contributed by atoms with Crippen molar-refractivity contribution in [2.75, 3.05) is 6.66 Å². The van der Waals surface area contributed by atoms with E-state index in [0.717, 1.165) is 12.5 Å². The first kappa shape index (κ1) is 13.6. The second kappa shape index (κ2) is 4.79. The van der Waals surface area contributed by atoms with E-state index in [2.05, 4.69) is 13.6 Å². The molecule has 0 aliphatic heterocycles. The Morgan fingerprint density at radius 2 is 1.94 bits per heavy atom. The minimum Gasteiger partial charge on any atom is -0.456 e. The van der Waals surface area contributed by atoms with Gasteiger partial charge in [0.2, 0.25) is 5.76 Å². The second-order valence-electron chi connectivity index (χ2n) is 4.10. The number of alkyl halides is 3. The fraction of sp³-hybridized carbons (Fsp3) is 0.636. The van der Waals surface area contributed by atoms with Crippen molar-refractivity contribution in [2.24, 2.45) is 0 Å². The summed E-state index contributed by atoms with van der Waals surface area (Å²) in [6.45, 7) is 6.18. The van der Waals surface area contributed by atoms with Crippen molar-refractivity contribution in [3.8, 4) is 0 Å². The molecule has 2 atom stereocenters. The third-order valence-corrected chi connectivity index (χ3v) is 4.63. The smallest absolute Gasteiger partial charge is 0.449 e. The van der Waals surface area contributed by atoms with E-state index in [0.29, 0.717) is 20.8 Å². The summed E-state index contributed by atoms with van der Waals surface area (Å²) in [6.07, 6.45) is -2.88. The van der Waals surface area contributed by atoms with Gasteiger partial charge < -0.3 is 4.42 Å². The van der Waals surface area contributed by atoms with Gasteiger partial charge in [-0.2, -0.15) is 13.2 Å². The Hall–Kier alpha value is -0.500. The van der Waals surface area contributed by atoms with Gasteiger partial charge in [-0.15, -0.1) is 8.58 Å². The Kier molecular flexibility index (Phi) is 4.06. The van der Waals surface area contributed by atoms with Crippen LogP contribution in [0.2, 0.25) is 0 Å². The molecule has 0 saturated carbocycles. The predicted molar refractivity (Wildman–Crippen MR) is 60.3 cm³/mol. The van der Waals surface area contributed by atoms with Crippen LogP contribution < -0.4 is 0 Å². The van der Waals surface area contributed by atoms with Crippen LogP contribution in [-0.2, 0) is 12.6 Å². The predicted octanol–water partition coefficient (Wildman–Crippen LogP) is 4.32. The van der Waals surface area contributed by atoms with Crippen LogP contribution in [0.5, 0.6) is 0 Å². The highest BCUT2D eigenvalue weighted by atomic mass is 31.1. The van der Waals surface area contributed by atoms with E-state index in [4.69, 9.17) is 4.42 Å². The molecule has 0 amide bonds. The Labute approximate surface area is 95.2 Å². The molecule has 1 aromatic heterocycles. The van der Waals surface area contributed by atoms with Gasteiger partial charge in [0.25, 0.3) is 0 Å². The lowest BCUT2D eigenvalue weighted by atomic mass is 10.0. The van der Waals surface area contributed by atoms with Gasteiger partial charge >= 0.3 is 6.18 Å². The molecule has 0 saturated heterocycles. The van der Waals surface area contributed by atoms with Gasteiger partial charge in [-0.25, -0.2) is 0 Å². The van der Waals surface area contributed by atoms with Crippen LogP contribution in [0.3, 0.4) is 0 Å². The molecule has 1 heterocycles. The average molecular weight is 252 g/mol. The molecule has 2 unspecified atom stereocenters. The topological polar surface area (TPSA) is 13.1 Å². The van der Waals surface area contributed by atoms with E-state index in [1.165, 1.54) is 6.07 Å². The van der Waals surface area contributed by atoms with E-state index in [9.17, 15) is 13.2 Å². The number of hydrogen-bond acceptors (Lipinski definition) is 1. The molecular formula is C11H16F3OP. The third kappa shape index (κ3) is 3.24. The average Bonchev–Trinajstić information content (AvgIpc) is 2.65. The Bertz CT molecular complexity index is 339. The van der Waals surface area contributed by atoms with Gasteiger partial charge in [-0.1, -0.05) is 13.8 Å². The molecule has 5 heteroatoms. The van der Waals surface area contributed by atoms with Gasteiger partial charge in [-0.05, 0) is 30.4 Å². The fourth-order valence-corrected chi connectivity index (χ4v) is 2.10. The fourth-order valence-electron chi connectivity index (χ4n) is 1.40. The first-order valence-corrected chi connectivity index (χ1v) is 6.65. The van der Waals surface area contributed by atoms with Crippen molar-refractivity contribution in [2.45, 2.75) is 38.0 Å². The van der Waals surface area contributed by atoms with Crippen molar-refractivity contribution in [3.05, 3.63) is 23.7 Å². The normalized spacial score (nSPS) is 16.9. The summed E-state index contributed by atoms with van der Waals surface area (Å²) in [6, 6.07) is 2.43. The minimum atomic E-state index is -4.38. The highest BCUT2D eigenvalue weighted by Crippen LogP contribution is 2.37. The summed E-state index contributed by atoms with van der Waals surface area (Å²) in [5.41, 5.74) is 0. The lowest BCUT2D eigenvalue weighted by molar-refractivity contribution is -0.153.